The Hall–Kier alpha value is -2.46. The molecule has 0 saturated carbocycles. The molecular weight excluding hydrogens is 458 g/mol. The Labute approximate surface area is 180 Å². The number of aryl methyl sites for hydroxylation is 1. The van der Waals surface area contributed by atoms with Crippen LogP contribution in [0.1, 0.15) is 17.4 Å². The molecule has 0 aliphatic heterocycles. The number of amides is 1. The first kappa shape index (κ1) is 20.3. The lowest BCUT2D eigenvalue weighted by Gasteiger charge is -2.01. The molecule has 3 aromatic rings. The van der Waals surface area contributed by atoms with Crippen molar-refractivity contribution >= 4 is 56.0 Å². The number of anilines is 1. The summed E-state index contributed by atoms with van der Waals surface area (Å²) >= 11 is 10.7. The highest BCUT2D eigenvalue weighted by molar-refractivity contribution is 9.10. The Morgan fingerprint density at radius 3 is 2.54 bits per heavy atom. The minimum atomic E-state index is -0.490. The van der Waals surface area contributed by atoms with Gasteiger partial charge in [-0.2, -0.15) is 5.26 Å². The lowest BCUT2D eigenvalue weighted by Crippen LogP contribution is -2.13. The first-order valence-corrected chi connectivity index (χ1v) is 10.4. The molecule has 4 nitrogen and oxygen atoms in total. The highest BCUT2D eigenvalue weighted by Gasteiger charge is 2.16. The number of rotatable bonds is 5. The average molecular weight is 473 g/mol. The van der Waals surface area contributed by atoms with E-state index in [0.717, 1.165) is 32.6 Å². The number of hydrogen-bond acceptors (Lipinski definition) is 4. The molecular formula is C21H15BrClN3OS. The number of nitriles is 1. The van der Waals surface area contributed by atoms with Gasteiger partial charge in [-0.05, 0) is 42.3 Å². The van der Waals surface area contributed by atoms with Gasteiger partial charge in [0.2, 0.25) is 0 Å². The normalized spacial score (nSPS) is 11.1. The van der Waals surface area contributed by atoms with Crippen LogP contribution in [0.15, 0.2) is 58.6 Å². The standard InChI is InChI=1S/C21H15BrClN3OS/c1-2-18-19(14-5-7-16(22)8-6-14)25-21(28-18)26-20(27)15(12-24)11-13-3-9-17(23)10-4-13/h3-11H,2H2,1H3,(H,25,26,27)/b15-11+. The molecule has 0 bridgehead atoms. The molecule has 140 valence electrons. The summed E-state index contributed by atoms with van der Waals surface area (Å²) in [6, 6.07) is 16.7. The number of thiazole rings is 1. The molecule has 0 aliphatic rings. The van der Waals surface area contributed by atoms with Gasteiger partial charge in [-0.1, -0.05) is 58.7 Å². The third-order valence-electron chi connectivity index (χ3n) is 3.90. The highest BCUT2D eigenvalue weighted by Crippen LogP contribution is 2.32. The number of nitrogens with one attached hydrogen (secondary N) is 1. The topological polar surface area (TPSA) is 65.8 Å². The van der Waals surface area contributed by atoms with Crippen LogP contribution in [0, 0.1) is 11.3 Å². The van der Waals surface area contributed by atoms with Gasteiger partial charge in [0.05, 0.1) is 5.69 Å². The van der Waals surface area contributed by atoms with E-state index >= 15 is 0 Å². The van der Waals surface area contributed by atoms with Gasteiger partial charge >= 0.3 is 0 Å². The third kappa shape index (κ3) is 4.87. The summed E-state index contributed by atoms with van der Waals surface area (Å²) in [7, 11) is 0. The van der Waals surface area contributed by atoms with Crippen LogP contribution in [0.3, 0.4) is 0 Å². The predicted octanol–water partition coefficient (Wildman–Crippen LogP) is 6.33. The molecule has 0 atom stereocenters. The fraction of sp³-hybridized carbons (Fsp3) is 0.0952. The molecule has 0 radical (unpaired) electrons. The Bertz CT molecular complexity index is 1070. The zero-order valence-corrected chi connectivity index (χ0v) is 18.0. The zero-order chi connectivity index (χ0) is 20.1. The molecule has 1 N–H and O–H groups in total. The van der Waals surface area contributed by atoms with Crippen molar-refractivity contribution in [3.8, 4) is 17.3 Å². The minimum Gasteiger partial charge on any atom is -0.297 e. The van der Waals surface area contributed by atoms with Gasteiger partial charge in [0.15, 0.2) is 5.13 Å². The van der Waals surface area contributed by atoms with E-state index in [1.807, 2.05) is 37.3 Å². The number of carbonyl (C=O) groups is 1. The third-order valence-corrected chi connectivity index (χ3v) is 5.80. The van der Waals surface area contributed by atoms with Crippen molar-refractivity contribution in [3.63, 3.8) is 0 Å². The van der Waals surface area contributed by atoms with Crippen LogP contribution in [-0.2, 0) is 11.2 Å². The highest BCUT2D eigenvalue weighted by atomic mass is 79.9. The van der Waals surface area contributed by atoms with Crippen LogP contribution >= 0.6 is 38.9 Å². The van der Waals surface area contributed by atoms with Crippen LogP contribution in [0.25, 0.3) is 17.3 Å². The first-order valence-electron chi connectivity index (χ1n) is 8.44. The predicted molar refractivity (Wildman–Crippen MR) is 118 cm³/mol. The molecule has 0 saturated heterocycles. The minimum absolute atomic E-state index is 0.000706. The number of halogens is 2. The second-order valence-electron chi connectivity index (χ2n) is 5.83. The lowest BCUT2D eigenvalue weighted by molar-refractivity contribution is -0.112. The summed E-state index contributed by atoms with van der Waals surface area (Å²) in [5.74, 6) is -0.490. The van der Waals surface area contributed by atoms with Crippen molar-refractivity contribution in [2.24, 2.45) is 0 Å². The number of nitrogens with zero attached hydrogens (tertiary/aromatic N) is 2. The summed E-state index contributed by atoms with van der Waals surface area (Å²) in [4.78, 5) is 18.2. The monoisotopic (exact) mass is 471 g/mol. The molecule has 1 aromatic heterocycles. The maximum Gasteiger partial charge on any atom is 0.268 e. The second-order valence-corrected chi connectivity index (χ2v) is 8.26. The van der Waals surface area contributed by atoms with Crippen molar-refractivity contribution < 1.29 is 4.79 Å². The Morgan fingerprint density at radius 1 is 1.25 bits per heavy atom. The summed E-state index contributed by atoms with van der Waals surface area (Å²) < 4.78 is 0.990. The summed E-state index contributed by atoms with van der Waals surface area (Å²) in [6.45, 7) is 2.04. The van der Waals surface area contributed by atoms with Crippen molar-refractivity contribution in [1.29, 1.82) is 5.26 Å². The number of carbonyl (C=O) groups excluding carboxylic acids is 1. The second kappa shape index (κ2) is 9.16. The largest absolute Gasteiger partial charge is 0.297 e. The Kier molecular flexibility index (Phi) is 6.63. The van der Waals surface area contributed by atoms with Crippen molar-refractivity contribution in [2.45, 2.75) is 13.3 Å². The van der Waals surface area contributed by atoms with Crippen LogP contribution in [0.5, 0.6) is 0 Å². The van der Waals surface area contributed by atoms with E-state index in [-0.39, 0.29) is 5.57 Å². The van der Waals surface area contributed by atoms with E-state index in [4.69, 9.17) is 11.6 Å². The number of aromatic nitrogens is 1. The molecule has 0 fully saturated rings. The van der Waals surface area contributed by atoms with E-state index < -0.39 is 5.91 Å². The Balaban J connectivity index is 1.84. The lowest BCUT2D eigenvalue weighted by atomic mass is 10.1. The molecule has 0 unspecified atom stereocenters. The van der Waals surface area contributed by atoms with E-state index in [1.165, 1.54) is 17.4 Å². The molecule has 3 rings (SSSR count). The molecule has 2 aromatic carbocycles. The smallest absolute Gasteiger partial charge is 0.268 e. The molecule has 28 heavy (non-hydrogen) atoms. The quantitative estimate of drug-likeness (QED) is 0.348. The van der Waals surface area contributed by atoms with E-state index in [9.17, 15) is 10.1 Å². The van der Waals surface area contributed by atoms with Crippen molar-refractivity contribution in [2.75, 3.05) is 5.32 Å². The van der Waals surface area contributed by atoms with Gasteiger partial charge < -0.3 is 0 Å². The maximum absolute atomic E-state index is 12.5. The summed E-state index contributed by atoms with van der Waals surface area (Å²) in [5.41, 5.74) is 2.55. The molecule has 1 heterocycles. The van der Waals surface area contributed by atoms with Crippen LogP contribution < -0.4 is 5.32 Å². The van der Waals surface area contributed by atoms with Gasteiger partial charge in [0.1, 0.15) is 11.6 Å². The maximum atomic E-state index is 12.5. The van der Waals surface area contributed by atoms with Gasteiger partial charge in [-0.3, -0.25) is 10.1 Å². The Morgan fingerprint density at radius 2 is 1.93 bits per heavy atom. The summed E-state index contributed by atoms with van der Waals surface area (Å²) in [6.07, 6.45) is 2.32. The fourth-order valence-corrected chi connectivity index (χ4v) is 3.83. The van der Waals surface area contributed by atoms with E-state index in [1.54, 1.807) is 24.3 Å². The SMILES string of the molecule is CCc1sc(NC(=O)/C(C#N)=C/c2ccc(Cl)cc2)nc1-c1ccc(Br)cc1. The zero-order valence-electron chi connectivity index (χ0n) is 14.9. The van der Waals surface area contributed by atoms with Crippen LogP contribution in [0.2, 0.25) is 5.02 Å². The molecule has 0 aliphatic carbocycles. The van der Waals surface area contributed by atoms with E-state index in [0.29, 0.717) is 10.2 Å². The first-order chi connectivity index (χ1) is 13.5. The number of benzene rings is 2. The van der Waals surface area contributed by atoms with Crippen molar-refractivity contribution in [3.05, 3.63) is 74.0 Å². The average Bonchev–Trinajstić information content (AvgIpc) is 3.10. The molecule has 7 heteroatoms. The fourth-order valence-electron chi connectivity index (χ4n) is 2.52. The van der Waals surface area contributed by atoms with Crippen molar-refractivity contribution in [1.82, 2.24) is 4.98 Å². The van der Waals surface area contributed by atoms with Crippen LogP contribution in [-0.4, -0.2) is 10.9 Å². The van der Waals surface area contributed by atoms with E-state index in [2.05, 4.69) is 26.2 Å². The van der Waals surface area contributed by atoms with Gasteiger partial charge in [0, 0.05) is 19.9 Å². The number of hydrogen-bond donors (Lipinski definition) is 1. The summed E-state index contributed by atoms with van der Waals surface area (Å²) in [5, 5.41) is 13.2. The van der Waals surface area contributed by atoms with Gasteiger partial charge in [0.25, 0.3) is 5.91 Å². The van der Waals surface area contributed by atoms with Gasteiger partial charge in [-0.25, -0.2) is 4.98 Å². The molecule has 0 spiro atoms. The van der Waals surface area contributed by atoms with Crippen LogP contribution in [0.4, 0.5) is 5.13 Å². The van der Waals surface area contributed by atoms with Gasteiger partial charge in [-0.15, -0.1) is 11.3 Å². The molecule has 1 amide bonds.